The molecule has 0 saturated carbocycles. The van der Waals surface area contributed by atoms with E-state index in [-0.39, 0.29) is 11.2 Å². The first-order valence-electron chi connectivity index (χ1n) is 7.22. The number of hydrogen-bond donors (Lipinski definition) is 0. The second kappa shape index (κ2) is 5.13. The summed E-state index contributed by atoms with van der Waals surface area (Å²) in [5.41, 5.74) is 3.07. The van der Waals surface area contributed by atoms with Crippen molar-refractivity contribution in [3.63, 3.8) is 0 Å². The summed E-state index contributed by atoms with van der Waals surface area (Å²) in [6.45, 7) is 6.43. The molecule has 0 atom stereocenters. The number of aromatic nitrogens is 2. The standard InChI is InChI=1S/C18H19FN2O/c1-18(2,3)14-6-5-9-21-11-16(20-17(14)21)13-8-7-12(22-4)10-15(13)19/h5-11H,1-4H3. The highest BCUT2D eigenvalue weighted by atomic mass is 19.1. The highest BCUT2D eigenvalue weighted by molar-refractivity contribution is 5.66. The molecular weight excluding hydrogens is 279 g/mol. The van der Waals surface area contributed by atoms with E-state index >= 15 is 0 Å². The number of fused-ring (bicyclic) bond motifs is 1. The minimum Gasteiger partial charge on any atom is -0.497 e. The summed E-state index contributed by atoms with van der Waals surface area (Å²) in [5, 5.41) is 0. The number of nitrogens with zero attached hydrogens (tertiary/aromatic N) is 2. The highest BCUT2D eigenvalue weighted by Gasteiger charge is 2.19. The second-order valence-corrected chi connectivity index (χ2v) is 6.37. The first kappa shape index (κ1) is 14.6. The normalized spacial score (nSPS) is 11.9. The summed E-state index contributed by atoms with van der Waals surface area (Å²) in [6.07, 6.45) is 3.79. The lowest BCUT2D eigenvalue weighted by molar-refractivity contribution is 0.411. The van der Waals surface area contributed by atoms with Crippen LogP contribution < -0.4 is 4.74 Å². The van der Waals surface area contributed by atoms with Crippen molar-refractivity contribution in [3.8, 4) is 17.0 Å². The van der Waals surface area contributed by atoms with Gasteiger partial charge in [-0.05, 0) is 23.6 Å². The molecule has 1 aromatic carbocycles. The van der Waals surface area contributed by atoms with Crippen LogP contribution >= 0.6 is 0 Å². The molecule has 0 bridgehead atoms. The van der Waals surface area contributed by atoms with Crippen LogP contribution in [0.15, 0.2) is 42.7 Å². The zero-order chi connectivity index (χ0) is 15.9. The summed E-state index contributed by atoms with van der Waals surface area (Å²) in [5.74, 6) is 0.167. The number of benzene rings is 1. The molecule has 2 aromatic heterocycles. The average molecular weight is 298 g/mol. The van der Waals surface area contributed by atoms with E-state index in [1.807, 2.05) is 22.9 Å². The Morgan fingerprint density at radius 3 is 2.59 bits per heavy atom. The Balaban J connectivity index is 2.17. The first-order valence-corrected chi connectivity index (χ1v) is 7.22. The van der Waals surface area contributed by atoms with Crippen molar-refractivity contribution in [1.82, 2.24) is 9.38 Å². The number of ether oxygens (including phenoxy) is 1. The maximum Gasteiger partial charge on any atom is 0.141 e. The molecule has 0 amide bonds. The number of halogens is 1. The Labute approximate surface area is 129 Å². The molecule has 0 aliphatic rings. The van der Waals surface area contributed by atoms with Crippen LogP contribution in [0.3, 0.4) is 0 Å². The van der Waals surface area contributed by atoms with Crippen LogP contribution in [-0.2, 0) is 5.41 Å². The van der Waals surface area contributed by atoms with Gasteiger partial charge in [0.15, 0.2) is 0 Å². The molecule has 2 heterocycles. The Bertz CT molecular complexity index is 831. The Kier molecular flexibility index (Phi) is 3.39. The van der Waals surface area contributed by atoms with Gasteiger partial charge in [0.25, 0.3) is 0 Å². The molecule has 3 aromatic rings. The summed E-state index contributed by atoms with van der Waals surface area (Å²) in [4.78, 5) is 4.65. The predicted octanol–water partition coefficient (Wildman–Crippen LogP) is 4.45. The van der Waals surface area contributed by atoms with E-state index in [0.717, 1.165) is 11.2 Å². The van der Waals surface area contributed by atoms with Gasteiger partial charge in [-0.1, -0.05) is 26.8 Å². The molecule has 22 heavy (non-hydrogen) atoms. The molecular formula is C18H19FN2O. The zero-order valence-electron chi connectivity index (χ0n) is 13.2. The van der Waals surface area contributed by atoms with Gasteiger partial charge < -0.3 is 9.14 Å². The van der Waals surface area contributed by atoms with E-state index in [0.29, 0.717) is 17.0 Å². The van der Waals surface area contributed by atoms with E-state index in [1.165, 1.54) is 13.2 Å². The fraction of sp³-hybridized carbons (Fsp3) is 0.278. The number of rotatable bonds is 2. The predicted molar refractivity (Wildman–Crippen MR) is 85.8 cm³/mol. The smallest absolute Gasteiger partial charge is 0.141 e. The number of hydrogen-bond acceptors (Lipinski definition) is 2. The van der Waals surface area contributed by atoms with Gasteiger partial charge in [-0.3, -0.25) is 0 Å². The molecule has 0 fully saturated rings. The van der Waals surface area contributed by atoms with Crippen molar-refractivity contribution >= 4 is 5.65 Å². The molecule has 0 unspecified atom stereocenters. The van der Waals surface area contributed by atoms with Gasteiger partial charge in [0.05, 0.1) is 12.8 Å². The van der Waals surface area contributed by atoms with Crippen LogP contribution in [0.2, 0.25) is 0 Å². The maximum absolute atomic E-state index is 14.3. The third-order valence-electron chi connectivity index (χ3n) is 3.74. The molecule has 0 saturated heterocycles. The third-order valence-corrected chi connectivity index (χ3v) is 3.74. The number of methoxy groups -OCH3 is 1. The van der Waals surface area contributed by atoms with Gasteiger partial charge in [0.1, 0.15) is 17.2 Å². The van der Waals surface area contributed by atoms with Crippen LogP contribution in [0.4, 0.5) is 4.39 Å². The first-order chi connectivity index (χ1) is 10.4. The van der Waals surface area contributed by atoms with Crippen LogP contribution in [0.25, 0.3) is 16.9 Å². The van der Waals surface area contributed by atoms with E-state index in [4.69, 9.17) is 4.74 Å². The van der Waals surface area contributed by atoms with Crippen molar-refractivity contribution in [3.05, 3.63) is 54.1 Å². The summed E-state index contributed by atoms with van der Waals surface area (Å²) < 4.78 is 21.2. The molecule has 3 rings (SSSR count). The van der Waals surface area contributed by atoms with E-state index in [2.05, 4.69) is 31.8 Å². The van der Waals surface area contributed by atoms with Crippen molar-refractivity contribution in [2.45, 2.75) is 26.2 Å². The summed E-state index contributed by atoms with van der Waals surface area (Å²) in [7, 11) is 1.52. The lowest BCUT2D eigenvalue weighted by Crippen LogP contribution is -2.12. The van der Waals surface area contributed by atoms with E-state index < -0.39 is 0 Å². The largest absolute Gasteiger partial charge is 0.497 e. The van der Waals surface area contributed by atoms with Crippen LogP contribution in [-0.4, -0.2) is 16.5 Å². The SMILES string of the molecule is COc1ccc(-c2cn3cccc(C(C)(C)C)c3n2)c(F)c1. The van der Waals surface area contributed by atoms with Crippen LogP contribution in [0, 0.1) is 5.82 Å². The van der Waals surface area contributed by atoms with Gasteiger partial charge in [-0.2, -0.15) is 0 Å². The minimum absolute atomic E-state index is 0.0242. The fourth-order valence-electron chi connectivity index (χ4n) is 2.56. The van der Waals surface area contributed by atoms with Gasteiger partial charge in [-0.15, -0.1) is 0 Å². The Hall–Kier alpha value is -2.36. The second-order valence-electron chi connectivity index (χ2n) is 6.37. The van der Waals surface area contributed by atoms with Crippen LogP contribution in [0.5, 0.6) is 5.75 Å². The van der Waals surface area contributed by atoms with Gasteiger partial charge in [-0.25, -0.2) is 9.37 Å². The molecule has 0 spiro atoms. The summed E-state index contributed by atoms with van der Waals surface area (Å²) in [6, 6.07) is 8.88. The van der Waals surface area contributed by atoms with Crippen molar-refractivity contribution in [2.75, 3.05) is 7.11 Å². The van der Waals surface area contributed by atoms with Crippen molar-refractivity contribution < 1.29 is 9.13 Å². The third kappa shape index (κ3) is 2.45. The Morgan fingerprint density at radius 2 is 1.95 bits per heavy atom. The molecule has 0 N–H and O–H groups in total. The molecule has 0 aliphatic carbocycles. The van der Waals surface area contributed by atoms with Crippen molar-refractivity contribution in [1.29, 1.82) is 0 Å². The maximum atomic E-state index is 14.3. The lowest BCUT2D eigenvalue weighted by atomic mass is 9.88. The average Bonchev–Trinajstić information content (AvgIpc) is 2.89. The van der Waals surface area contributed by atoms with Gasteiger partial charge in [0, 0.05) is 29.6 Å². The fourth-order valence-corrected chi connectivity index (χ4v) is 2.56. The molecule has 0 radical (unpaired) electrons. The minimum atomic E-state index is -0.333. The van der Waals surface area contributed by atoms with E-state index in [1.54, 1.807) is 12.1 Å². The quantitative estimate of drug-likeness (QED) is 0.699. The molecule has 4 heteroatoms. The van der Waals surface area contributed by atoms with Crippen molar-refractivity contribution in [2.24, 2.45) is 0 Å². The molecule has 114 valence electrons. The molecule has 3 nitrogen and oxygen atoms in total. The zero-order valence-corrected chi connectivity index (χ0v) is 13.2. The molecule has 0 aliphatic heterocycles. The topological polar surface area (TPSA) is 26.5 Å². The van der Waals surface area contributed by atoms with Crippen LogP contribution in [0.1, 0.15) is 26.3 Å². The summed E-state index contributed by atoms with van der Waals surface area (Å²) >= 11 is 0. The highest BCUT2D eigenvalue weighted by Crippen LogP contribution is 2.30. The van der Waals surface area contributed by atoms with E-state index in [9.17, 15) is 4.39 Å². The van der Waals surface area contributed by atoms with Gasteiger partial charge in [0.2, 0.25) is 0 Å². The monoisotopic (exact) mass is 298 g/mol. The number of pyridine rings is 1. The Morgan fingerprint density at radius 1 is 1.18 bits per heavy atom. The lowest BCUT2D eigenvalue weighted by Gasteiger charge is -2.19. The number of imidazole rings is 1. The van der Waals surface area contributed by atoms with Gasteiger partial charge >= 0.3 is 0 Å².